The van der Waals surface area contributed by atoms with Gasteiger partial charge in [-0.2, -0.15) is 0 Å². The minimum Gasteiger partial charge on any atom is -0.0830 e. The lowest BCUT2D eigenvalue weighted by atomic mass is 9.90. The number of benzene rings is 5. The summed E-state index contributed by atoms with van der Waals surface area (Å²) in [6, 6.07) is 40.0. The molecule has 0 bridgehead atoms. The third-order valence-electron chi connectivity index (χ3n) is 5.37. The fraction of sp³-hybridized carbons (Fsp3) is 0. The highest BCUT2D eigenvalue weighted by atomic mass is 35.5. The van der Waals surface area contributed by atoms with Gasteiger partial charge in [-0.25, -0.2) is 0 Å². The smallest absolute Gasteiger partial charge is 0.0569 e. The molecule has 0 unspecified atom stereocenters. The van der Waals surface area contributed by atoms with Gasteiger partial charge in [0.1, 0.15) is 0 Å². The number of hydrogen-bond acceptors (Lipinski definition) is 0. The van der Waals surface area contributed by atoms with Gasteiger partial charge in [0.15, 0.2) is 0 Å². The van der Waals surface area contributed by atoms with Gasteiger partial charge < -0.3 is 0 Å². The Morgan fingerprint density at radius 1 is 0.448 bits per heavy atom. The maximum absolute atomic E-state index is 7.20. The van der Waals surface area contributed by atoms with E-state index in [0.717, 1.165) is 32.7 Å². The molecule has 0 aliphatic carbocycles. The van der Waals surface area contributed by atoms with E-state index in [4.69, 9.17) is 11.6 Å². The van der Waals surface area contributed by atoms with Crippen molar-refractivity contribution >= 4 is 43.8 Å². The molecule has 5 rings (SSSR count). The Hall–Kier alpha value is -3.35. The lowest BCUT2D eigenvalue weighted by Crippen LogP contribution is -1.94. The zero-order valence-electron chi connectivity index (χ0n) is 15.8. The second-order valence-electron chi connectivity index (χ2n) is 7.11. The highest BCUT2D eigenvalue weighted by Crippen LogP contribution is 2.39. The van der Waals surface area contributed by atoms with E-state index in [1.54, 1.807) is 0 Å². The molecule has 0 N–H and O–H groups in total. The molecule has 0 atom stereocenters. The van der Waals surface area contributed by atoms with Gasteiger partial charge in [-0.05, 0) is 32.7 Å². The van der Waals surface area contributed by atoms with E-state index >= 15 is 0 Å². The van der Waals surface area contributed by atoms with Crippen molar-refractivity contribution < 1.29 is 0 Å². The predicted molar refractivity (Wildman–Crippen MR) is 126 cm³/mol. The van der Waals surface area contributed by atoms with Crippen molar-refractivity contribution in [1.29, 1.82) is 0 Å². The summed E-state index contributed by atoms with van der Waals surface area (Å²) in [4.78, 5) is 0. The van der Waals surface area contributed by atoms with E-state index in [9.17, 15) is 0 Å². The largest absolute Gasteiger partial charge is 0.0830 e. The fourth-order valence-corrected chi connectivity index (χ4v) is 4.38. The van der Waals surface area contributed by atoms with Crippen molar-refractivity contribution in [2.75, 3.05) is 0 Å². The van der Waals surface area contributed by atoms with Gasteiger partial charge in [0.25, 0.3) is 0 Å². The first kappa shape index (κ1) is 17.7. The van der Waals surface area contributed by atoms with Crippen molar-refractivity contribution in [2.45, 2.75) is 0 Å². The Kier molecular flexibility index (Phi) is 4.63. The van der Waals surface area contributed by atoms with Crippen LogP contribution in [0, 0.1) is 0 Å². The predicted octanol–water partition coefficient (Wildman–Crippen LogP) is 8.15. The summed E-state index contributed by atoms with van der Waals surface area (Å²) in [5.74, 6) is 0. The number of hydrogen-bond donors (Lipinski definition) is 0. The first-order chi connectivity index (χ1) is 14.3. The third kappa shape index (κ3) is 3.22. The Balaban J connectivity index is 1.88. The van der Waals surface area contributed by atoms with Crippen molar-refractivity contribution in [3.05, 3.63) is 132 Å². The standard InChI is InChI=1S/C28H19Cl/c29-28(26-19-9-15-21-11-5-7-17-24(21)26)27(22-12-2-1-3-13-22)25-18-8-14-20-10-4-6-16-23(20)25/h1-19H/b28-27+. The average molecular weight is 391 g/mol. The molecule has 5 aromatic rings. The Labute approximate surface area is 175 Å². The topological polar surface area (TPSA) is 0 Å². The molecule has 1 heteroatoms. The Morgan fingerprint density at radius 2 is 0.931 bits per heavy atom. The summed E-state index contributed by atoms with van der Waals surface area (Å²) in [5, 5.41) is 5.53. The molecule has 0 nitrogen and oxygen atoms in total. The number of halogens is 1. The van der Waals surface area contributed by atoms with Crippen molar-refractivity contribution in [3.63, 3.8) is 0 Å². The van der Waals surface area contributed by atoms with E-state index < -0.39 is 0 Å². The minimum atomic E-state index is 0.768. The third-order valence-corrected chi connectivity index (χ3v) is 5.76. The van der Waals surface area contributed by atoms with Gasteiger partial charge in [0, 0.05) is 11.1 Å². The fourth-order valence-electron chi connectivity index (χ4n) is 4.00. The molecule has 0 aliphatic heterocycles. The van der Waals surface area contributed by atoms with Crippen LogP contribution in [-0.4, -0.2) is 0 Å². The van der Waals surface area contributed by atoms with Crippen LogP contribution in [0.15, 0.2) is 115 Å². The lowest BCUT2D eigenvalue weighted by molar-refractivity contribution is 1.58. The van der Waals surface area contributed by atoms with Gasteiger partial charge in [-0.1, -0.05) is 127 Å². The van der Waals surface area contributed by atoms with E-state index in [1.807, 2.05) is 6.07 Å². The molecule has 0 saturated carbocycles. The van der Waals surface area contributed by atoms with E-state index in [2.05, 4.69) is 109 Å². The molecule has 0 saturated heterocycles. The Bertz CT molecular complexity index is 1340. The average Bonchev–Trinajstić information content (AvgIpc) is 2.80. The van der Waals surface area contributed by atoms with Crippen LogP contribution in [0.1, 0.15) is 16.7 Å². The zero-order chi connectivity index (χ0) is 19.6. The molecular weight excluding hydrogens is 372 g/mol. The molecule has 0 spiro atoms. The normalized spacial score (nSPS) is 12.2. The quantitative estimate of drug-likeness (QED) is 0.272. The van der Waals surface area contributed by atoms with Crippen molar-refractivity contribution in [1.82, 2.24) is 0 Å². The van der Waals surface area contributed by atoms with E-state index in [1.165, 1.54) is 16.2 Å². The van der Waals surface area contributed by atoms with E-state index in [0.29, 0.717) is 0 Å². The maximum Gasteiger partial charge on any atom is 0.0569 e. The Morgan fingerprint density at radius 3 is 1.59 bits per heavy atom. The van der Waals surface area contributed by atoms with Crippen LogP contribution in [0.25, 0.3) is 32.2 Å². The first-order valence-corrected chi connectivity index (χ1v) is 10.1. The lowest BCUT2D eigenvalue weighted by Gasteiger charge is -2.16. The monoisotopic (exact) mass is 390 g/mol. The molecular formula is C28H19Cl. The van der Waals surface area contributed by atoms with Crippen molar-refractivity contribution in [3.8, 4) is 0 Å². The van der Waals surface area contributed by atoms with Crippen LogP contribution in [-0.2, 0) is 0 Å². The molecule has 138 valence electrons. The molecule has 0 aromatic heterocycles. The van der Waals surface area contributed by atoms with Gasteiger partial charge in [-0.15, -0.1) is 0 Å². The SMILES string of the molecule is Cl/C(=C(\c1ccccc1)c1cccc2ccccc12)c1cccc2ccccc12. The van der Waals surface area contributed by atoms with Crippen molar-refractivity contribution in [2.24, 2.45) is 0 Å². The summed E-state index contributed by atoms with van der Waals surface area (Å²) in [7, 11) is 0. The second kappa shape index (κ2) is 7.58. The molecule has 0 amide bonds. The molecule has 0 aliphatic rings. The summed E-state index contributed by atoms with van der Waals surface area (Å²) < 4.78 is 0. The number of rotatable bonds is 3. The highest BCUT2D eigenvalue weighted by molar-refractivity contribution is 6.54. The summed E-state index contributed by atoms with van der Waals surface area (Å²) in [5.41, 5.74) is 4.37. The van der Waals surface area contributed by atoms with Gasteiger partial charge in [0.2, 0.25) is 0 Å². The highest BCUT2D eigenvalue weighted by Gasteiger charge is 2.16. The molecule has 0 heterocycles. The summed E-state index contributed by atoms with van der Waals surface area (Å²) in [6.45, 7) is 0. The van der Waals surface area contributed by atoms with Crippen LogP contribution < -0.4 is 0 Å². The first-order valence-electron chi connectivity index (χ1n) is 9.74. The number of fused-ring (bicyclic) bond motifs is 2. The summed E-state index contributed by atoms with van der Waals surface area (Å²) in [6.07, 6.45) is 0. The van der Waals surface area contributed by atoms with Crippen LogP contribution in [0.2, 0.25) is 0 Å². The minimum absolute atomic E-state index is 0.768. The maximum atomic E-state index is 7.20. The molecule has 0 radical (unpaired) electrons. The second-order valence-corrected chi connectivity index (χ2v) is 7.49. The molecule has 5 aromatic carbocycles. The van der Waals surface area contributed by atoms with Gasteiger partial charge >= 0.3 is 0 Å². The van der Waals surface area contributed by atoms with Crippen LogP contribution in [0.4, 0.5) is 0 Å². The molecule has 29 heavy (non-hydrogen) atoms. The van der Waals surface area contributed by atoms with Crippen LogP contribution >= 0.6 is 11.6 Å². The van der Waals surface area contributed by atoms with Crippen LogP contribution in [0.3, 0.4) is 0 Å². The van der Waals surface area contributed by atoms with Gasteiger partial charge in [-0.3, -0.25) is 0 Å². The van der Waals surface area contributed by atoms with Crippen LogP contribution in [0.5, 0.6) is 0 Å². The molecule has 0 fully saturated rings. The summed E-state index contributed by atoms with van der Waals surface area (Å²) >= 11 is 7.20. The van der Waals surface area contributed by atoms with Gasteiger partial charge in [0.05, 0.1) is 5.03 Å². The zero-order valence-corrected chi connectivity index (χ0v) is 16.6. The van der Waals surface area contributed by atoms with E-state index in [-0.39, 0.29) is 0 Å².